The van der Waals surface area contributed by atoms with Gasteiger partial charge in [-0.3, -0.25) is 4.79 Å². The van der Waals surface area contributed by atoms with Crippen LogP contribution in [-0.4, -0.2) is 18.0 Å². The van der Waals surface area contributed by atoms with Crippen LogP contribution in [0.4, 0.5) is 0 Å². The first-order valence-corrected chi connectivity index (χ1v) is 6.35. The van der Waals surface area contributed by atoms with Gasteiger partial charge < -0.3 is 9.52 Å². The first kappa shape index (κ1) is 15.3. The molecule has 0 saturated heterocycles. The fourth-order valence-corrected chi connectivity index (χ4v) is 1.94. The number of allylic oxidation sites excluding steroid dienone is 1. The van der Waals surface area contributed by atoms with Gasteiger partial charge in [-0.25, -0.2) is 0 Å². The molecule has 0 bridgehead atoms. The average Bonchev–Trinajstić information content (AvgIpc) is 2.73. The summed E-state index contributed by atoms with van der Waals surface area (Å²) in [6, 6.07) is 1.75. The van der Waals surface area contributed by atoms with Gasteiger partial charge in [0.2, 0.25) is 0 Å². The van der Waals surface area contributed by atoms with Crippen LogP contribution in [0.1, 0.15) is 41.6 Å². The Morgan fingerprint density at radius 2 is 2.32 bits per heavy atom. The van der Waals surface area contributed by atoms with E-state index < -0.39 is 0 Å². The summed E-state index contributed by atoms with van der Waals surface area (Å²) in [6.07, 6.45) is 3.05. The molecule has 3 nitrogen and oxygen atoms in total. The van der Waals surface area contributed by atoms with Crippen LogP contribution in [0, 0.1) is 24.7 Å². The van der Waals surface area contributed by atoms with Gasteiger partial charge in [0.25, 0.3) is 0 Å². The van der Waals surface area contributed by atoms with Crippen molar-refractivity contribution in [3.05, 3.63) is 35.3 Å². The van der Waals surface area contributed by atoms with E-state index in [0.717, 1.165) is 42.4 Å². The first-order valence-electron chi connectivity index (χ1n) is 6.35. The molecule has 19 heavy (non-hydrogen) atoms. The number of hydrogen-bond donors (Lipinski definition) is 1. The smallest absolute Gasteiger partial charge is 0.185 e. The second-order valence-corrected chi connectivity index (χ2v) is 4.67. The minimum absolute atomic E-state index is 0.0995. The number of aldehydes is 1. The summed E-state index contributed by atoms with van der Waals surface area (Å²) in [5, 5.41) is 8.60. The van der Waals surface area contributed by atoms with Gasteiger partial charge in [-0.15, -0.1) is 5.92 Å². The average molecular weight is 260 g/mol. The molecule has 0 saturated carbocycles. The molecular formula is C16H20O3. The van der Waals surface area contributed by atoms with Crippen LogP contribution in [0.2, 0.25) is 0 Å². The molecule has 0 aromatic carbocycles. The van der Waals surface area contributed by atoms with Crippen molar-refractivity contribution in [3.8, 4) is 11.8 Å². The number of rotatable bonds is 6. The zero-order chi connectivity index (χ0) is 14.3. The Balaban J connectivity index is 2.69. The highest BCUT2D eigenvalue weighted by Gasteiger charge is 2.15. The summed E-state index contributed by atoms with van der Waals surface area (Å²) in [6.45, 7) is 7.83. The molecule has 0 radical (unpaired) electrons. The molecule has 1 aromatic rings. The van der Waals surface area contributed by atoms with Crippen LogP contribution in [0.3, 0.4) is 0 Å². The molecule has 0 aliphatic heterocycles. The Kier molecular flexibility index (Phi) is 6.11. The van der Waals surface area contributed by atoms with Gasteiger partial charge in [-0.2, -0.15) is 0 Å². The maximum Gasteiger partial charge on any atom is 0.185 e. The minimum atomic E-state index is -0.0995. The molecule has 1 rings (SSSR count). The molecule has 1 unspecified atom stereocenters. The lowest BCUT2D eigenvalue weighted by molar-refractivity contribution is 0.109. The lowest BCUT2D eigenvalue weighted by atomic mass is 9.91. The molecule has 0 spiro atoms. The van der Waals surface area contributed by atoms with Crippen molar-refractivity contribution in [3.63, 3.8) is 0 Å². The SMILES string of the molecule is C=C(C)C(CCC#CCO)Cc1oc(C=O)cc1C. The van der Waals surface area contributed by atoms with E-state index in [0.29, 0.717) is 5.76 Å². The molecule has 3 heteroatoms. The van der Waals surface area contributed by atoms with E-state index in [1.54, 1.807) is 6.07 Å². The number of carbonyl (C=O) groups excluding carboxylic acids is 1. The highest BCUT2D eigenvalue weighted by Crippen LogP contribution is 2.24. The summed E-state index contributed by atoms with van der Waals surface area (Å²) < 4.78 is 5.49. The summed E-state index contributed by atoms with van der Waals surface area (Å²) in [7, 11) is 0. The van der Waals surface area contributed by atoms with E-state index in [1.165, 1.54) is 0 Å². The Morgan fingerprint density at radius 1 is 1.58 bits per heavy atom. The quantitative estimate of drug-likeness (QED) is 0.486. The summed E-state index contributed by atoms with van der Waals surface area (Å²) in [5.41, 5.74) is 2.07. The lowest BCUT2D eigenvalue weighted by Gasteiger charge is -2.14. The van der Waals surface area contributed by atoms with Crippen LogP contribution in [0.25, 0.3) is 0 Å². The van der Waals surface area contributed by atoms with Gasteiger partial charge >= 0.3 is 0 Å². The monoisotopic (exact) mass is 260 g/mol. The zero-order valence-electron chi connectivity index (χ0n) is 11.5. The molecule has 0 amide bonds. The van der Waals surface area contributed by atoms with Crippen LogP contribution >= 0.6 is 0 Å². The maximum atomic E-state index is 10.7. The number of hydrogen-bond acceptors (Lipinski definition) is 3. The first-order chi connectivity index (χ1) is 9.08. The van der Waals surface area contributed by atoms with Crippen molar-refractivity contribution in [1.29, 1.82) is 0 Å². The fourth-order valence-electron chi connectivity index (χ4n) is 1.94. The second-order valence-electron chi connectivity index (χ2n) is 4.67. The van der Waals surface area contributed by atoms with Crippen molar-refractivity contribution in [1.82, 2.24) is 0 Å². The minimum Gasteiger partial charge on any atom is -0.458 e. The predicted molar refractivity (Wildman–Crippen MR) is 74.9 cm³/mol. The zero-order valence-corrected chi connectivity index (χ0v) is 11.5. The molecule has 0 fully saturated rings. The Labute approximate surface area is 114 Å². The third-order valence-electron chi connectivity index (χ3n) is 3.11. The van der Waals surface area contributed by atoms with Crippen molar-refractivity contribution < 1.29 is 14.3 Å². The Hall–Kier alpha value is -1.79. The number of furan rings is 1. The van der Waals surface area contributed by atoms with E-state index in [9.17, 15) is 4.79 Å². The number of carbonyl (C=O) groups is 1. The van der Waals surface area contributed by atoms with Gasteiger partial charge in [0.15, 0.2) is 12.0 Å². The largest absolute Gasteiger partial charge is 0.458 e. The number of aryl methyl sites for hydroxylation is 1. The maximum absolute atomic E-state index is 10.7. The fraction of sp³-hybridized carbons (Fsp3) is 0.438. The highest BCUT2D eigenvalue weighted by molar-refractivity contribution is 5.71. The van der Waals surface area contributed by atoms with Crippen molar-refractivity contribution in [2.75, 3.05) is 6.61 Å². The normalized spacial score (nSPS) is 11.5. The predicted octanol–water partition coefficient (Wildman–Crippen LogP) is 2.91. The molecule has 1 aromatic heterocycles. The third-order valence-corrected chi connectivity index (χ3v) is 3.11. The second kappa shape index (κ2) is 7.60. The molecule has 1 atom stereocenters. The van der Waals surface area contributed by atoms with E-state index in [1.807, 2.05) is 13.8 Å². The van der Waals surface area contributed by atoms with Crippen LogP contribution in [0.15, 0.2) is 22.6 Å². The van der Waals surface area contributed by atoms with Gasteiger partial charge in [0, 0.05) is 12.8 Å². The van der Waals surface area contributed by atoms with E-state index in [4.69, 9.17) is 9.52 Å². The summed E-state index contributed by atoms with van der Waals surface area (Å²) in [5.74, 6) is 7.03. The number of aliphatic hydroxyl groups is 1. The molecule has 1 heterocycles. The molecular weight excluding hydrogens is 240 g/mol. The molecule has 0 aliphatic carbocycles. The van der Waals surface area contributed by atoms with Crippen LogP contribution in [0.5, 0.6) is 0 Å². The van der Waals surface area contributed by atoms with Gasteiger partial charge in [0.1, 0.15) is 12.4 Å². The van der Waals surface area contributed by atoms with Crippen LogP contribution in [-0.2, 0) is 6.42 Å². The van der Waals surface area contributed by atoms with E-state index in [2.05, 4.69) is 18.4 Å². The molecule has 1 N–H and O–H groups in total. The van der Waals surface area contributed by atoms with Crippen molar-refractivity contribution in [2.24, 2.45) is 5.92 Å². The topological polar surface area (TPSA) is 50.4 Å². The van der Waals surface area contributed by atoms with Gasteiger partial charge in [-0.05, 0) is 37.8 Å². The Morgan fingerprint density at radius 3 is 2.84 bits per heavy atom. The van der Waals surface area contributed by atoms with Crippen LogP contribution < -0.4 is 0 Å². The highest BCUT2D eigenvalue weighted by atomic mass is 16.3. The summed E-state index contributed by atoms with van der Waals surface area (Å²) in [4.78, 5) is 10.7. The van der Waals surface area contributed by atoms with Crippen molar-refractivity contribution in [2.45, 2.75) is 33.1 Å². The molecule has 102 valence electrons. The third kappa shape index (κ3) is 4.76. The van der Waals surface area contributed by atoms with E-state index >= 15 is 0 Å². The number of aliphatic hydroxyl groups excluding tert-OH is 1. The van der Waals surface area contributed by atoms with Crippen molar-refractivity contribution >= 4 is 6.29 Å². The van der Waals surface area contributed by atoms with Gasteiger partial charge in [-0.1, -0.05) is 18.1 Å². The summed E-state index contributed by atoms with van der Waals surface area (Å²) >= 11 is 0. The lowest BCUT2D eigenvalue weighted by Crippen LogP contribution is -2.05. The molecule has 0 aliphatic rings. The standard InChI is InChI=1S/C16H20O3/c1-12(2)14(7-5-4-6-8-17)10-16-13(3)9-15(11-18)19-16/h9,11,14,17H,1,5,7-8,10H2,2-3H3. The van der Waals surface area contributed by atoms with E-state index in [-0.39, 0.29) is 12.5 Å². The Bertz CT molecular complexity index is 500. The van der Waals surface area contributed by atoms with Gasteiger partial charge in [0.05, 0.1) is 0 Å².